The van der Waals surface area contributed by atoms with Gasteiger partial charge in [0.2, 0.25) is 5.91 Å². The molecule has 1 saturated heterocycles. The third kappa shape index (κ3) is 3.56. The predicted octanol–water partition coefficient (Wildman–Crippen LogP) is 2.46. The molecule has 2 aliphatic heterocycles. The van der Waals surface area contributed by atoms with E-state index in [0.29, 0.717) is 13.0 Å². The van der Waals surface area contributed by atoms with Crippen molar-refractivity contribution < 1.29 is 4.79 Å². The summed E-state index contributed by atoms with van der Waals surface area (Å²) < 4.78 is 1.59. The second-order valence-electron chi connectivity index (χ2n) is 8.67. The van der Waals surface area contributed by atoms with E-state index in [9.17, 15) is 9.59 Å². The number of benzene rings is 2. The Morgan fingerprint density at radius 1 is 1.10 bits per heavy atom. The van der Waals surface area contributed by atoms with E-state index in [1.165, 1.54) is 24.0 Å². The van der Waals surface area contributed by atoms with Crippen LogP contribution in [0.5, 0.6) is 0 Å². The number of hydrogen-bond donors (Lipinski definition) is 1. The first kappa shape index (κ1) is 19.1. The highest BCUT2D eigenvalue weighted by Gasteiger charge is 2.31. The molecule has 0 aliphatic carbocycles. The number of likely N-dealkylation sites (tertiary alicyclic amines) is 1. The van der Waals surface area contributed by atoms with Gasteiger partial charge in [-0.15, -0.1) is 0 Å². The molecule has 1 amide bonds. The number of nitrogens with one attached hydrogen (secondary N) is 1. The van der Waals surface area contributed by atoms with Crippen LogP contribution in [0.2, 0.25) is 0 Å². The Labute approximate surface area is 176 Å². The molecule has 1 atom stereocenters. The fraction of sp³-hybridized carbons (Fsp3) is 0.417. The molecule has 0 spiro atoms. The van der Waals surface area contributed by atoms with Crippen LogP contribution in [0.4, 0.5) is 0 Å². The first-order valence-corrected chi connectivity index (χ1v) is 10.8. The summed E-state index contributed by atoms with van der Waals surface area (Å²) in [5, 5.41) is 0. The summed E-state index contributed by atoms with van der Waals surface area (Å²) in [4.78, 5) is 32.7. The predicted molar refractivity (Wildman–Crippen MR) is 117 cm³/mol. The lowest BCUT2D eigenvalue weighted by Crippen LogP contribution is -2.50. The lowest BCUT2D eigenvalue weighted by atomic mass is 9.93. The molecule has 1 aromatic heterocycles. The largest absolute Gasteiger partial charge is 0.333 e. The molecular formula is C24H28N4O2. The average molecular weight is 405 g/mol. The minimum atomic E-state index is -0.133. The normalized spacial score (nSPS) is 19.4. The van der Waals surface area contributed by atoms with E-state index in [1.807, 2.05) is 18.2 Å². The molecule has 6 nitrogen and oxygen atoms in total. The van der Waals surface area contributed by atoms with Crippen molar-refractivity contribution in [3.8, 4) is 0 Å². The molecule has 0 saturated carbocycles. The number of imidazole rings is 1. The van der Waals surface area contributed by atoms with Crippen molar-refractivity contribution in [1.29, 1.82) is 0 Å². The number of fused-ring (bicyclic) bond motifs is 2. The first-order chi connectivity index (χ1) is 14.6. The smallest absolute Gasteiger partial charge is 0.326 e. The molecule has 1 N–H and O–H groups in total. The number of carbonyl (C=O) groups is 1. The SMILES string of the molecule is Cn1c(=O)[nH]c2cc(CC(=O)N3Cc4ccccc4CC3CN3CCCC3)ccc21. The van der Waals surface area contributed by atoms with Crippen molar-refractivity contribution in [2.45, 2.75) is 38.3 Å². The van der Waals surface area contributed by atoms with Crippen LogP contribution in [0.3, 0.4) is 0 Å². The molecule has 3 heterocycles. The Hall–Kier alpha value is -2.86. The lowest BCUT2D eigenvalue weighted by Gasteiger charge is -2.39. The van der Waals surface area contributed by atoms with Crippen molar-refractivity contribution in [2.75, 3.05) is 19.6 Å². The highest BCUT2D eigenvalue weighted by Crippen LogP contribution is 2.26. The van der Waals surface area contributed by atoms with Crippen LogP contribution in [0.15, 0.2) is 47.3 Å². The summed E-state index contributed by atoms with van der Waals surface area (Å²) in [6.07, 6.45) is 3.79. The van der Waals surface area contributed by atoms with Gasteiger partial charge in [0.1, 0.15) is 0 Å². The van der Waals surface area contributed by atoms with Gasteiger partial charge in [0, 0.05) is 26.2 Å². The zero-order valence-corrected chi connectivity index (χ0v) is 17.4. The number of amides is 1. The number of aryl methyl sites for hydroxylation is 1. The van der Waals surface area contributed by atoms with Crippen LogP contribution in [0.1, 0.15) is 29.5 Å². The maximum Gasteiger partial charge on any atom is 0.326 e. The van der Waals surface area contributed by atoms with Gasteiger partial charge in [0.05, 0.1) is 17.5 Å². The zero-order valence-electron chi connectivity index (χ0n) is 17.4. The van der Waals surface area contributed by atoms with Crippen molar-refractivity contribution in [1.82, 2.24) is 19.4 Å². The Balaban J connectivity index is 1.39. The molecule has 2 aliphatic rings. The second-order valence-corrected chi connectivity index (χ2v) is 8.67. The molecule has 6 heteroatoms. The number of rotatable bonds is 4. The minimum Gasteiger partial charge on any atom is -0.333 e. The summed E-state index contributed by atoms with van der Waals surface area (Å²) in [6, 6.07) is 14.5. The number of carbonyl (C=O) groups excluding carboxylic acids is 1. The van der Waals surface area contributed by atoms with Crippen LogP contribution in [0, 0.1) is 0 Å². The Morgan fingerprint density at radius 3 is 2.67 bits per heavy atom. The molecule has 0 radical (unpaired) electrons. The fourth-order valence-electron chi connectivity index (χ4n) is 4.98. The van der Waals surface area contributed by atoms with Gasteiger partial charge in [-0.2, -0.15) is 0 Å². The van der Waals surface area contributed by atoms with Crippen LogP contribution in [-0.2, 0) is 31.2 Å². The van der Waals surface area contributed by atoms with Crippen LogP contribution < -0.4 is 5.69 Å². The standard InChI is InChI=1S/C24H28N4O2/c1-26-22-9-8-17(12-21(22)25-24(26)30)13-23(29)28-15-19-7-3-2-6-18(19)14-20(28)16-27-10-4-5-11-27/h2-3,6-9,12,20H,4-5,10-11,13-16H2,1H3,(H,25,30). The van der Waals surface area contributed by atoms with E-state index in [1.54, 1.807) is 11.6 Å². The van der Waals surface area contributed by atoms with Crippen LogP contribution >= 0.6 is 0 Å². The zero-order chi connectivity index (χ0) is 20.7. The monoisotopic (exact) mass is 404 g/mol. The van der Waals surface area contributed by atoms with Gasteiger partial charge in [-0.25, -0.2) is 4.79 Å². The molecule has 156 valence electrons. The average Bonchev–Trinajstić information content (AvgIpc) is 3.35. The molecule has 2 aromatic carbocycles. The van der Waals surface area contributed by atoms with Crippen molar-refractivity contribution >= 4 is 16.9 Å². The molecule has 5 rings (SSSR count). The fourth-order valence-corrected chi connectivity index (χ4v) is 4.98. The summed E-state index contributed by atoms with van der Waals surface area (Å²) in [7, 11) is 1.75. The summed E-state index contributed by atoms with van der Waals surface area (Å²) >= 11 is 0. The van der Waals surface area contributed by atoms with Crippen molar-refractivity contribution in [2.24, 2.45) is 7.05 Å². The van der Waals surface area contributed by atoms with Gasteiger partial charge in [-0.3, -0.25) is 9.36 Å². The van der Waals surface area contributed by atoms with Crippen LogP contribution in [0.25, 0.3) is 11.0 Å². The molecule has 3 aromatic rings. The maximum atomic E-state index is 13.4. The van der Waals surface area contributed by atoms with Gasteiger partial charge < -0.3 is 14.8 Å². The number of nitrogens with zero attached hydrogens (tertiary/aromatic N) is 3. The number of H-pyrrole nitrogens is 1. The van der Waals surface area contributed by atoms with E-state index in [0.717, 1.165) is 42.7 Å². The topological polar surface area (TPSA) is 61.3 Å². The molecule has 0 bridgehead atoms. The highest BCUT2D eigenvalue weighted by atomic mass is 16.2. The van der Waals surface area contributed by atoms with Gasteiger partial charge >= 0.3 is 5.69 Å². The third-order valence-corrected chi connectivity index (χ3v) is 6.67. The highest BCUT2D eigenvalue weighted by molar-refractivity contribution is 5.82. The summed E-state index contributed by atoms with van der Waals surface area (Å²) in [5.41, 5.74) is 5.07. The Kier molecular flexibility index (Phi) is 4.95. The Bertz CT molecular complexity index is 1140. The quantitative estimate of drug-likeness (QED) is 0.727. The van der Waals surface area contributed by atoms with E-state index < -0.39 is 0 Å². The van der Waals surface area contributed by atoms with Gasteiger partial charge in [-0.05, 0) is 61.2 Å². The van der Waals surface area contributed by atoms with Crippen molar-refractivity contribution in [3.63, 3.8) is 0 Å². The first-order valence-electron chi connectivity index (χ1n) is 10.8. The van der Waals surface area contributed by atoms with Gasteiger partial charge in [-0.1, -0.05) is 30.3 Å². The summed E-state index contributed by atoms with van der Waals surface area (Å²) in [5.74, 6) is 0.159. The molecule has 30 heavy (non-hydrogen) atoms. The number of hydrogen-bond acceptors (Lipinski definition) is 3. The molecule has 1 unspecified atom stereocenters. The van der Waals surface area contributed by atoms with E-state index in [4.69, 9.17) is 0 Å². The van der Waals surface area contributed by atoms with Crippen LogP contribution in [-0.4, -0.2) is 50.9 Å². The van der Waals surface area contributed by atoms with E-state index >= 15 is 0 Å². The lowest BCUT2D eigenvalue weighted by molar-refractivity contribution is -0.134. The second kappa shape index (κ2) is 7.76. The summed E-state index contributed by atoms with van der Waals surface area (Å²) in [6.45, 7) is 3.90. The van der Waals surface area contributed by atoms with Gasteiger partial charge in [0.15, 0.2) is 0 Å². The number of aromatic nitrogens is 2. The van der Waals surface area contributed by atoms with Crippen molar-refractivity contribution in [3.05, 3.63) is 69.6 Å². The minimum absolute atomic E-state index is 0.133. The third-order valence-electron chi connectivity index (χ3n) is 6.67. The maximum absolute atomic E-state index is 13.4. The Morgan fingerprint density at radius 2 is 1.87 bits per heavy atom. The number of aromatic amines is 1. The molecular weight excluding hydrogens is 376 g/mol. The van der Waals surface area contributed by atoms with E-state index in [-0.39, 0.29) is 17.6 Å². The van der Waals surface area contributed by atoms with E-state index in [2.05, 4.69) is 39.0 Å². The molecule has 1 fully saturated rings. The van der Waals surface area contributed by atoms with Gasteiger partial charge in [0.25, 0.3) is 0 Å².